The molecule has 0 atom stereocenters. The monoisotopic (exact) mass is 344 g/mol. The topological polar surface area (TPSA) is 42.5 Å². The molecule has 0 aliphatic carbocycles. The number of ether oxygens (including phenoxy) is 2. The van der Waals surface area contributed by atoms with E-state index < -0.39 is 0 Å². The van der Waals surface area contributed by atoms with Crippen molar-refractivity contribution < 1.29 is 9.47 Å². The summed E-state index contributed by atoms with van der Waals surface area (Å²) in [5, 5.41) is 7.04. The first-order valence-electron chi connectivity index (χ1n) is 7.85. The van der Waals surface area contributed by atoms with E-state index in [9.17, 15) is 0 Å². The van der Waals surface area contributed by atoms with Gasteiger partial charge in [-0.3, -0.25) is 0 Å². The minimum atomic E-state index is 0.408. The maximum absolute atomic E-state index is 5.48. The Morgan fingerprint density at radius 2 is 1.79 bits per heavy atom. The van der Waals surface area contributed by atoms with Crippen LogP contribution in [0.1, 0.15) is 30.9 Å². The summed E-state index contributed by atoms with van der Waals surface area (Å²) in [6.07, 6.45) is 0. The van der Waals surface area contributed by atoms with Gasteiger partial charge >= 0.3 is 0 Å². The van der Waals surface area contributed by atoms with E-state index in [0.29, 0.717) is 16.8 Å². The predicted octanol–water partition coefficient (Wildman–Crippen LogP) is 4.94. The highest BCUT2D eigenvalue weighted by atomic mass is 32.1. The van der Waals surface area contributed by atoms with Gasteiger partial charge in [-0.25, -0.2) is 0 Å². The lowest BCUT2D eigenvalue weighted by molar-refractivity contribution is 0.395. The number of nitrogens with one attached hydrogen (secondary N) is 2. The molecule has 0 bridgehead atoms. The van der Waals surface area contributed by atoms with Crippen molar-refractivity contribution in [3.05, 3.63) is 47.5 Å². The Morgan fingerprint density at radius 3 is 2.42 bits per heavy atom. The smallest absolute Gasteiger partial charge is 0.175 e. The molecule has 0 fully saturated rings. The van der Waals surface area contributed by atoms with Crippen LogP contribution in [0.5, 0.6) is 11.5 Å². The first kappa shape index (κ1) is 18.1. The Bertz CT molecular complexity index is 729. The molecule has 0 unspecified atom stereocenters. The van der Waals surface area contributed by atoms with Crippen molar-refractivity contribution in [3.63, 3.8) is 0 Å². The predicted molar refractivity (Wildman–Crippen MR) is 105 cm³/mol. The van der Waals surface area contributed by atoms with Crippen molar-refractivity contribution in [2.24, 2.45) is 0 Å². The summed E-state index contributed by atoms with van der Waals surface area (Å²) in [5.74, 6) is 1.82. The summed E-state index contributed by atoms with van der Waals surface area (Å²) in [7, 11) is 3.24. The van der Waals surface area contributed by atoms with Crippen LogP contribution >= 0.6 is 12.2 Å². The minimum absolute atomic E-state index is 0.408. The van der Waals surface area contributed by atoms with E-state index in [4.69, 9.17) is 21.7 Å². The molecule has 0 aromatic heterocycles. The van der Waals surface area contributed by atoms with Gasteiger partial charge in [0.25, 0.3) is 0 Å². The molecule has 0 aliphatic rings. The van der Waals surface area contributed by atoms with Gasteiger partial charge in [0.1, 0.15) is 11.5 Å². The lowest BCUT2D eigenvalue weighted by atomic mass is 9.98. The summed E-state index contributed by atoms with van der Waals surface area (Å²) >= 11 is 5.48. The Hall–Kier alpha value is -2.27. The molecular formula is C19H24N2O2S. The van der Waals surface area contributed by atoms with Crippen molar-refractivity contribution >= 4 is 28.7 Å². The number of aryl methyl sites for hydroxylation is 1. The number of methoxy groups -OCH3 is 2. The van der Waals surface area contributed by atoms with E-state index in [1.807, 2.05) is 18.2 Å². The molecule has 0 saturated carbocycles. The van der Waals surface area contributed by atoms with Crippen molar-refractivity contribution in [3.8, 4) is 11.5 Å². The Morgan fingerprint density at radius 1 is 1.04 bits per heavy atom. The number of para-hydroxylation sites is 1. The van der Waals surface area contributed by atoms with Gasteiger partial charge in [0.05, 0.1) is 19.9 Å². The van der Waals surface area contributed by atoms with Crippen molar-refractivity contribution in [1.29, 1.82) is 0 Å². The summed E-state index contributed by atoms with van der Waals surface area (Å²) in [4.78, 5) is 0. The summed E-state index contributed by atoms with van der Waals surface area (Å²) in [5.41, 5.74) is 4.24. The molecule has 0 saturated heterocycles. The SMILES string of the molecule is COc1ccc(NC(=S)Nc2c(C)cccc2C(C)C)c(OC)c1. The third-order valence-electron chi connectivity index (χ3n) is 3.82. The molecule has 2 aromatic carbocycles. The fourth-order valence-corrected chi connectivity index (χ4v) is 2.72. The molecule has 5 heteroatoms. The average molecular weight is 344 g/mol. The first-order chi connectivity index (χ1) is 11.5. The molecule has 0 heterocycles. The number of hydrogen-bond donors (Lipinski definition) is 2. The quantitative estimate of drug-likeness (QED) is 0.752. The van der Waals surface area contributed by atoms with Crippen molar-refractivity contribution in [2.45, 2.75) is 26.7 Å². The zero-order chi connectivity index (χ0) is 17.7. The lowest BCUT2D eigenvalue weighted by Crippen LogP contribution is -2.21. The van der Waals surface area contributed by atoms with E-state index in [-0.39, 0.29) is 0 Å². The van der Waals surface area contributed by atoms with Crippen LogP contribution in [0.25, 0.3) is 0 Å². The van der Waals surface area contributed by atoms with Gasteiger partial charge in [-0.2, -0.15) is 0 Å². The van der Waals surface area contributed by atoms with Crippen LogP contribution in [0.3, 0.4) is 0 Å². The van der Waals surface area contributed by atoms with Crippen LogP contribution in [-0.4, -0.2) is 19.3 Å². The standard InChI is InChI=1S/C19H24N2O2S/c1-12(2)15-8-6-7-13(3)18(15)21-19(24)20-16-10-9-14(22-4)11-17(16)23-5/h6-12H,1-5H3,(H2,20,21,24). The van der Waals surface area contributed by atoms with Crippen LogP contribution in [-0.2, 0) is 0 Å². The van der Waals surface area contributed by atoms with Crippen LogP contribution in [0.4, 0.5) is 11.4 Å². The lowest BCUT2D eigenvalue weighted by Gasteiger charge is -2.19. The van der Waals surface area contributed by atoms with E-state index in [1.54, 1.807) is 14.2 Å². The largest absolute Gasteiger partial charge is 0.497 e. The average Bonchev–Trinajstić information content (AvgIpc) is 2.56. The van der Waals surface area contributed by atoms with E-state index in [0.717, 1.165) is 22.7 Å². The summed E-state index contributed by atoms with van der Waals surface area (Å²) in [6.45, 7) is 6.41. The van der Waals surface area contributed by atoms with Gasteiger partial charge in [-0.05, 0) is 48.3 Å². The number of anilines is 2. The highest BCUT2D eigenvalue weighted by Crippen LogP contribution is 2.30. The van der Waals surface area contributed by atoms with Crippen molar-refractivity contribution in [2.75, 3.05) is 24.9 Å². The molecule has 2 rings (SSSR count). The number of thiocarbonyl (C=S) groups is 1. The Labute approximate surface area is 149 Å². The molecule has 2 N–H and O–H groups in total. The molecule has 0 spiro atoms. The second-order valence-electron chi connectivity index (χ2n) is 5.84. The van der Waals surface area contributed by atoms with Crippen LogP contribution in [0.2, 0.25) is 0 Å². The molecule has 2 aromatic rings. The van der Waals surface area contributed by atoms with Gasteiger partial charge in [-0.1, -0.05) is 32.0 Å². The first-order valence-corrected chi connectivity index (χ1v) is 8.26. The van der Waals surface area contributed by atoms with E-state index >= 15 is 0 Å². The highest BCUT2D eigenvalue weighted by molar-refractivity contribution is 7.80. The maximum Gasteiger partial charge on any atom is 0.175 e. The Balaban J connectivity index is 2.21. The van der Waals surface area contributed by atoms with Gasteiger partial charge < -0.3 is 20.1 Å². The second kappa shape index (κ2) is 8.02. The van der Waals surface area contributed by atoms with Crippen LogP contribution in [0.15, 0.2) is 36.4 Å². The molecule has 0 aliphatic heterocycles. The fourth-order valence-electron chi connectivity index (χ4n) is 2.51. The number of benzene rings is 2. The molecule has 4 nitrogen and oxygen atoms in total. The molecular weight excluding hydrogens is 320 g/mol. The summed E-state index contributed by atoms with van der Waals surface area (Å²) < 4.78 is 10.6. The molecule has 24 heavy (non-hydrogen) atoms. The summed E-state index contributed by atoms with van der Waals surface area (Å²) in [6, 6.07) is 11.8. The normalized spacial score (nSPS) is 10.4. The van der Waals surface area contributed by atoms with Crippen LogP contribution < -0.4 is 20.1 Å². The fraction of sp³-hybridized carbons (Fsp3) is 0.316. The third-order valence-corrected chi connectivity index (χ3v) is 4.03. The van der Waals surface area contributed by atoms with Gasteiger partial charge in [0.15, 0.2) is 5.11 Å². The number of hydrogen-bond acceptors (Lipinski definition) is 3. The highest BCUT2D eigenvalue weighted by Gasteiger charge is 2.12. The molecule has 0 radical (unpaired) electrons. The van der Waals surface area contributed by atoms with Crippen LogP contribution in [0, 0.1) is 6.92 Å². The zero-order valence-corrected chi connectivity index (χ0v) is 15.6. The van der Waals surface area contributed by atoms with Gasteiger partial charge in [-0.15, -0.1) is 0 Å². The molecule has 0 amide bonds. The minimum Gasteiger partial charge on any atom is -0.497 e. The maximum atomic E-state index is 5.48. The third kappa shape index (κ3) is 4.17. The van der Waals surface area contributed by atoms with Crippen molar-refractivity contribution in [1.82, 2.24) is 0 Å². The zero-order valence-electron chi connectivity index (χ0n) is 14.8. The number of rotatable bonds is 5. The second-order valence-corrected chi connectivity index (χ2v) is 6.25. The van der Waals surface area contributed by atoms with Gasteiger partial charge in [0.2, 0.25) is 0 Å². The van der Waals surface area contributed by atoms with Gasteiger partial charge in [0, 0.05) is 11.8 Å². The van der Waals surface area contributed by atoms with E-state index in [2.05, 4.69) is 49.6 Å². The molecule has 128 valence electrons. The Kier molecular flexibility index (Phi) is 6.04. The van der Waals surface area contributed by atoms with E-state index in [1.165, 1.54) is 5.56 Å².